The monoisotopic (exact) mass is 341 g/mol. The molecule has 1 aromatic carbocycles. The summed E-state index contributed by atoms with van der Waals surface area (Å²) in [6.07, 6.45) is 2.44. The predicted octanol–water partition coefficient (Wildman–Crippen LogP) is 2.00. The number of benzene rings is 1. The number of fused-ring (bicyclic) bond motifs is 1. The lowest BCUT2D eigenvalue weighted by molar-refractivity contribution is 0.122. The molecule has 0 spiro atoms. The molecule has 25 heavy (non-hydrogen) atoms. The number of aromatic nitrogens is 2. The van der Waals surface area contributed by atoms with Gasteiger partial charge in [-0.2, -0.15) is 0 Å². The number of hydrogen-bond donors (Lipinski definition) is 0. The highest BCUT2D eigenvalue weighted by Crippen LogP contribution is 2.31. The van der Waals surface area contributed by atoms with Crippen LogP contribution < -0.4 is 9.80 Å². The maximum absolute atomic E-state index is 5.53. The Kier molecular flexibility index (Phi) is 4.72. The Labute approximate surface area is 149 Å². The van der Waals surface area contributed by atoms with Crippen molar-refractivity contribution >= 4 is 22.7 Å². The van der Waals surface area contributed by atoms with Crippen LogP contribution >= 0.6 is 0 Å². The van der Waals surface area contributed by atoms with Crippen molar-refractivity contribution in [1.82, 2.24) is 14.9 Å². The Morgan fingerprint density at radius 2 is 1.60 bits per heavy atom. The standard InChI is InChI=1S/C19H27N5O/c1-22(2)15-6-5-9-24(14-15)19-18(23-10-12-25-13-11-23)20-16-7-3-4-8-17(16)21-19/h3-4,7-8,15H,5-6,9-14H2,1-2H3/t15-/m1/s1. The minimum atomic E-state index is 0.569. The van der Waals surface area contributed by atoms with Crippen LogP contribution in [0.4, 0.5) is 11.6 Å². The molecule has 1 atom stereocenters. The van der Waals surface area contributed by atoms with Crippen LogP contribution in [0.25, 0.3) is 11.0 Å². The van der Waals surface area contributed by atoms with E-state index in [1.165, 1.54) is 12.8 Å². The molecule has 0 aliphatic carbocycles. The summed E-state index contributed by atoms with van der Waals surface area (Å²) in [7, 11) is 4.34. The van der Waals surface area contributed by atoms with Gasteiger partial charge in [0.25, 0.3) is 0 Å². The van der Waals surface area contributed by atoms with Crippen molar-refractivity contribution in [2.75, 3.05) is 63.3 Å². The van der Waals surface area contributed by atoms with Gasteiger partial charge in [0.15, 0.2) is 11.6 Å². The third-order valence-corrected chi connectivity index (χ3v) is 5.27. The summed E-state index contributed by atoms with van der Waals surface area (Å²) in [5, 5.41) is 0. The summed E-state index contributed by atoms with van der Waals surface area (Å²) in [6.45, 7) is 5.34. The molecular formula is C19H27N5O. The first-order valence-electron chi connectivity index (χ1n) is 9.23. The average Bonchev–Trinajstić information content (AvgIpc) is 2.67. The van der Waals surface area contributed by atoms with Gasteiger partial charge in [-0.25, -0.2) is 9.97 Å². The minimum Gasteiger partial charge on any atom is -0.378 e. The Bertz CT molecular complexity index is 729. The Balaban J connectivity index is 1.74. The third kappa shape index (κ3) is 3.41. The highest BCUT2D eigenvalue weighted by Gasteiger charge is 2.27. The van der Waals surface area contributed by atoms with Crippen LogP contribution in [0, 0.1) is 0 Å². The van der Waals surface area contributed by atoms with Crippen LogP contribution in [0.15, 0.2) is 24.3 Å². The number of morpholine rings is 1. The first-order valence-corrected chi connectivity index (χ1v) is 9.23. The molecule has 3 heterocycles. The molecule has 0 amide bonds. The van der Waals surface area contributed by atoms with Gasteiger partial charge in [-0.3, -0.25) is 0 Å². The van der Waals surface area contributed by atoms with E-state index in [0.29, 0.717) is 6.04 Å². The molecule has 2 saturated heterocycles. The molecule has 0 saturated carbocycles. The first-order chi connectivity index (χ1) is 12.2. The van der Waals surface area contributed by atoms with Crippen LogP contribution in [0.5, 0.6) is 0 Å². The summed E-state index contributed by atoms with van der Waals surface area (Å²) in [5.74, 6) is 2.05. The fourth-order valence-corrected chi connectivity index (χ4v) is 3.75. The van der Waals surface area contributed by atoms with Gasteiger partial charge in [-0.05, 0) is 39.1 Å². The zero-order chi connectivity index (χ0) is 17.2. The lowest BCUT2D eigenvalue weighted by atomic mass is 10.0. The number of ether oxygens (including phenoxy) is 1. The van der Waals surface area contributed by atoms with E-state index in [-0.39, 0.29) is 0 Å². The molecule has 2 aliphatic heterocycles. The number of rotatable bonds is 3. The van der Waals surface area contributed by atoms with E-state index in [1.54, 1.807) is 0 Å². The lowest BCUT2D eigenvalue weighted by Gasteiger charge is -2.39. The van der Waals surface area contributed by atoms with Crippen molar-refractivity contribution in [3.63, 3.8) is 0 Å². The van der Waals surface area contributed by atoms with Crippen molar-refractivity contribution in [2.24, 2.45) is 0 Å². The summed E-state index contributed by atoms with van der Waals surface area (Å²) < 4.78 is 5.53. The first kappa shape index (κ1) is 16.5. The van der Waals surface area contributed by atoms with Gasteiger partial charge in [0.05, 0.1) is 24.2 Å². The van der Waals surface area contributed by atoms with E-state index < -0.39 is 0 Å². The summed E-state index contributed by atoms with van der Waals surface area (Å²) in [5.41, 5.74) is 1.94. The number of piperidine rings is 1. The van der Waals surface area contributed by atoms with Gasteiger partial charge in [-0.1, -0.05) is 12.1 Å². The maximum atomic E-state index is 5.53. The van der Waals surface area contributed by atoms with Crippen molar-refractivity contribution in [1.29, 1.82) is 0 Å². The molecule has 0 radical (unpaired) electrons. The Morgan fingerprint density at radius 1 is 0.960 bits per heavy atom. The molecule has 4 rings (SSSR count). The van der Waals surface area contributed by atoms with Crippen LogP contribution in [-0.4, -0.2) is 74.4 Å². The van der Waals surface area contributed by atoms with E-state index in [4.69, 9.17) is 14.7 Å². The van der Waals surface area contributed by atoms with Gasteiger partial charge >= 0.3 is 0 Å². The van der Waals surface area contributed by atoms with Crippen LogP contribution in [-0.2, 0) is 4.74 Å². The predicted molar refractivity (Wildman–Crippen MR) is 101 cm³/mol. The summed E-state index contributed by atoms with van der Waals surface area (Å²) in [6, 6.07) is 8.74. The molecular weight excluding hydrogens is 314 g/mol. The van der Waals surface area contributed by atoms with E-state index in [0.717, 1.165) is 62.1 Å². The zero-order valence-corrected chi connectivity index (χ0v) is 15.2. The number of anilines is 2. The van der Waals surface area contributed by atoms with E-state index >= 15 is 0 Å². The largest absolute Gasteiger partial charge is 0.378 e. The van der Waals surface area contributed by atoms with Gasteiger partial charge in [0.1, 0.15) is 0 Å². The molecule has 0 bridgehead atoms. The molecule has 2 aromatic rings. The molecule has 6 nitrogen and oxygen atoms in total. The maximum Gasteiger partial charge on any atom is 0.172 e. The van der Waals surface area contributed by atoms with E-state index in [1.807, 2.05) is 12.1 Å². The number of likely N-dealkylation sites (N-methyl/N-ethyl adjacent to an activating group) is 1. The lowest BCUT2D eigenvalue weighted by Crippen LogP contribution is -2.46. The molecule has 2 fully saturated rings. The van der Waals surface area contributed by atoms with Gasteiger partial charge < -0.3 is 19.4 Å². The molecule has 0 N–H and O–H groups in total. The second-order valence-electron chi connectivity index (χ2n) is 7.16. The molecule has 0 unspecified atom stereocenters. The fraction of sp³-hybridized carbons (Fsp3) is 0.579. The van der Waals surface area contributed by atoms with Crippen molar-refractivity contribution in [3.05, 3.63) is 24.3 Å². The molecule has 2 aliphatic rings. The van der Waals surface area contributed by atoms with Gasteiger partial charge in [0, 0.05) is 32.2 Å². The molecule has 6 heteroatoms. The van der Waals surface area contributed by atoms with E-state index in [9.17, 15) is 0 Å². The average molecular weight is 341 g/mol. The van der Waals surface area contributed by atoms with Crippen LogP contribution in [0.1, 0.15) is 12.8 Å². The van der Waals surface area contributed by atoms with Gasteiger partial charge in [-0.15, -0.1) is 0 Å². The highest BCUT2D eigenvalue weighted by molar-refractivity contribution is 5.81. The minimum absolute atomic E-state index is 0.569. The smallest absolute Gasteiger partial charge is 0.172 e. The number of para-hydroxylation sites is 2. The highest BCUT2D eigenvalue weighted by atomic mass is 16.5. The van der Waals surface area contributed by atoms with Crippen LogP contribution in [0.3, 0.4) is 0 Å². The number of hydrogen-bond acceptors (Lipinski definition) is 6. The SMILES string of the molecule is CN(C)[C@@H]1CCCN(c2nc3ccccc3nc2N2CCOCC2)C1. The second kappa shape index (κ2) is 7.14. The van der Waals surface area contributed by atoms with E-state index in [2.05, 4.69) is 40.9 Å². The Morgan fingerprint density at radius 3 is 2.24 bits per heavy atom. The quantitative estimate of drug-likeness (QED) is 0.851. The molecule has 1 aromatic heterocycles. The van der Waals surface area contributed by atoms with Crippen molar-refractivity contribution in [3.8, 4) is 0 Å². The second-order valence-corrected chi connectivity index (χ2v) is 7.16. The zero-order valence-electron chi connectivity index (χ0n) is 15.2. The summed E-state index contributed by atoms with van der Waals surface area (Å²) >= 11 is 0. The summed E-state index contributed by atoms with van der Waals surface area (Å²) in [4.78, 5) is 17.1. The van der Waals surface area contributed by atoms with Gasteiger partial charge in [0.2, 0.25) is 0 Å². The Hall–Kier alpha value is -1.92. The van der Waals surface area contributed by atoms with Crippen molar-refractivity contribution < 1.29 is 4.74 Å². The van der Waals surface area contributed by atoms with Crippen LogP contribution in [0.2, 0.25) is 0 Å². The third-order valence-electron chi connectivity index (χ3n) is 5.27. The topological polar surface area (TPSA) is 44.7 Å². The van der Waals surface area contributed by atoms with Crippen molar-refractivity contribution in [2.45, 2.75) is 18.9 Å². The molecule has 134 valence electrons. The normalized spacial score (nSPS) is 22.0. The fourth-order valence-electron chi connectivity index (χ4n) is 3.75. The number of nitrogens with zero attached hydrogens (tertiary/aromatic N) is 5.